The molecule has 1 unspecified atom stereocenters. The molecule has 0 fully saturated rings. The van der Waals surface area contributed by atoms with E-state index in [0.717, 1.165) is 25.0 Å². The molecule has 1 aromatic rings. The van der Waals surface area contributed by atoms with Crippen molar-refractivity contribution in [2.24, 2.45) is 0 Å². The molecule has 0 saturated carbocycles. The minimum Gasteiger partial charge on any atom is -0.417 e. The highest BCUT2D eigenvalue weighted by Gasteiger charge is 2.36. The fourth-order valence-corrected chi connectivity index (χ4v) is 3.25. The number of hydrogen-bond donors (Lipinski definition) is 1. The lowest BCUT2D eigenvalue weighted by molar-refractivity contribution is 0.153. The van der Waals surface area contributed by atoms with E-state index in [-0.39, 0.29) is 11.1 Å². The molecule has 1 heterocycles. The van der Waals surface area contributed by atoms with E-state index in [1.54, 1.807) is 11.3 Å². The molecule has 0 aliphatic rings. The minimum absolute atomic E-state index is 0.263. The van der Waals surface area contributed by atoms with Gasteiger partial charge in [-0.15, -0.1) is 0 Å². The van der Waals surface area contributed by atoms with Gasteiger partial charge in [-0.3, -0.25) is 0 Å². The third kappa shape index (κ3) is 4.50. The van der Waals surface area contributed by atoms with Crippen LogP contribution in [-0.4, -0.2) is 20.0 Å². The second-order valence-corrected chi connectivity index (χ2v) is 11.9. The first-order chi connectivity index (χ1) is 8.24. The van der Waals surface area contributed by atoms with Crippen molar-refractivity contribution >= 4 is 19.7 Å². The number of hydrogen-bond acceptors (Lipinski definition) is 3. The van der Waals surface area contributed by atoms with Crippen LogP contribution in [0.4, 0.5) is 0 Å². The fraction of sp³-hybridized carbons (Fsp3) is 0.714. The Balaban J connectivity index is 2.27. The van der Waals surface area contributed by atoms with Gasteiger partial charge in [-0.05, 0) is 53.4 Å². The van der Waals surface area contributed by atoms with Gasteiger partial charge in [0.15, 0.2) is 8.32 Å². The van der Waals surface area contributed by atoms with Gasteiger partial charge in [0.1, 0.15) is 0 Å². The Labute approximate surface area is 116 Å². The van der Waals surface area contributed by atoms with Gasteiger partial charge in [-0.1, -0.05) is 20.8 Å². The molecule has 0 spiro atoms. The standard InChI is InChI=1S/C14H26O2SSi/c1-14(2,3)18(4,5)16-9-6-7-13(15)12-8-10-17-11-12/h8,10-11,13,15H,6-7,9H2,1-5H3. The maximum absolute atomic E-state index is 9.96. The molecule has 1 atom stereocenters. The molecule has 1 N–H and O–H groups in total. The Hall–Kier alpha value is -0.163. The van der Waals surface area contributed by atoms with Gasteiger partial charge in [0, 0.05) is 6.61 Å². The van der Waals surface area contributed by atoms with Crippen molar-refractivity contribution in [1.82, 2.24) is 0 Å². The zero-order valence-corrected chi connectivity index (χ0v) is 14.0. The molecule has 104 valence electrons. The average Bonchev–Trinajstić information content (AvgIpc) is 2.75. The number of aliphatic hydroxyl groups is 1. The van der Waals surface area contributed by atoms with Crippen LogP contribution in [0.25, 0.3) is 0 Å². The molecule has 0 amide bonds. The third-order valence-corrected chi connectivity index (χ3v) is 9.06. The van der Waals surface area contributed by atoms with Crippen LogP contribution in [0.5, 0.6) is 0 Å². The SMILES string of the molecule is CC(C)(C)[Si](C)(C)OCCCC(O)c1ccsc1. The molecular weight excluding hydrogens is 260 g/mol. The molecule has 0 bridgehead atoms. The molecule has 0 aliphatic heterocycles. The van der Waals surface area contributed by atoms with E-state index < -0.39 is 8.32 Å². The highest BCUT2D eigenvalue weighted by Crippen LogP contribution is 2.36. The lowest BCUT2D eigenvalue weighted by Gasteiger charge is -2.36. The Morgan fingerprint density at radius 1 is 1.39 bits per heavy atom. The molecule has 0 aromatic carbocycles. The fourth-order valence-electron chi connectivity index (χ4n) is 1.45. The summed E-state index contributed by atoms with van der Waals surface area (Å²) in [6, 6.07) is 1.99. The lowest BCUT2D eigenvalue weighted by atomic mass is 10.1. The third-order valence-electron chi connectivity index (χ3n) is 3.82. The Morgan fingerprint density at radius 2 is 2.06 bits per heavy atom. The second-order valence-electron chi connectivity index (χ2n) is 6.32. The topological polar surface area (TPSA) is 29.5 Å². The number of thiophene rings is 1. The summed E-state index contributed by atoms with van der Waals surface area (Å²) in [5.41, 5.74) is 1.03. The molecule has 0 aliphatic carbocycles. The van der Waals surface area contributed by atoms with E-state index in [0.29, 0.717) is 0 Å². The predicted octanol–water partition coefficient (Wildman–Crippen LogP) is 4.58. The molecule has 4 heteroatoms. The lowest BCUT2D eigenvalue weighted by Crippen LogP contribution is -2.41. The van der Waals surface area contributed by atoms with Crippen LogP contribution in [-0.2, 0) is 4.43 Å². The highest BCUT2D eigenvalue weighted by atomic mass is 32.1. The first kappa shape index (κ1) is 15.9. The van der Waals surface area contributed by atoms with Gasteiger partial charge in [-0.25, -0.2) is 0 Å². The van der Waals surface area contributed by atoms with E-state index in [1.807, 2.05) is 16.8 Å². The zero-order chi connectivity index (χ0) is 13.8. The maximum atomic E-state index is 9.96. The summed E-state index contributed by atoms with van der Waals surface area (Å²) in [5, 5.41) is 14.2. The van der Waals surface area contributed by atoms with Crippen molar-refractivity contribution in [3.63, 3.8) is 0 Å². The van der Waals surface area contributed by atoms with E-state index >= 15 is 0 Å². The maximum Gasteiger partial charge on any atom is 0.191 e. The summed E-state index contributed by atoms with van der Waals surface area (Å²) in [4.78, 5) is 0. The first-order valence-electron chi connectivity index (χ1n) is 6.58. The van der Waals surface area contributed by atoms with Crippen molar-refractivity contribution in [2.75, 3.05) is 6.61 Å². The Bertz CT molecular complexity index is 341. The van der Waals surface area contributed by atoms with Crippen LogP contribution in [0, 0.1) is 0 Å². The van der Waals surface area contributed by atoms with E-state index in [2.05, 4.69) is 33.9 Å². The van der Waals surface area contributed by atoms with Crippen molar-refractivity contribution in [3.8, 4) is 0 Å². The quantitative estimate of drug-likeness (QED) is 0.612. The van der Waals surface area contributed by atoms with Gasteiger partial charge in [-0.2, -0.15) is 11.3 Å². The van der Waals surface area contributed by atoms with Gasteiger partial charge in [0.25, 0.3) is 0 Å². The van der Waals surface area contributed by atoms with Gasteiger partial charge < -0.3 is 9.53 Å². The van der Waals surface area contributed by atoms with Crippen LogP contribution in [0.2, 0.25) is 18.1 Å². The van der Waals surface area contributed by atoms with E-state index in [4.69, 9.17) is 4.43 Å². The zero-order valence-electron chi connectivity index (χ0n) is 12.2. The summed E-state index contributed by atoms with van der Waals surface area (Å²) in [6.07, 6.45) is 1.37. The smallest absolute Gasteiger partial charge is 0.191 e. The van der Waals surface area contributed by atoms with Gasteiger partial charge in [0.05, 0.1) is 6.10 Å². The Kier molecular flexibility index (Phi) is 5.59. The van der Waals surface area contributed by atoms with Crippen LogP contribution < -0.4 is 0 Å². The molecule has 1 rings (SSSR count). The van der Waals surface area contributed by atoms with Gasteiger partial charge >= 0.3 is 0 Å². The van der Waals surface area contributed by atoms with Crippen molar-refractivity contribution in [1.29, 1.82) is 0 Å². The first-order valence-corrected chi connectivity index (χ1v) is 10.4. The molecule has 2 nitrogen and oxygen atoms in total. The van der Waals surface area contributed by atoms with Crippen molar-refractivity contribution < 1.29 is 9.53 Å². The van der Waals surface area contributed by atoms with Gasteiger partial charge in [0.2, 0.25) is 0 Å². The summed E-state index contributed by atoms with van der Waals surface area (Å²) in [6.45, 7) is 12.0. The van der Waals surface area contributed by atoms with Crippen molar-refractivity contribution in [3.05, 3.63) is 22.4 Å². The summed E-state index contributed by atoms with van der Waals surface area (Å²) < 4.78 is 6.09. The predicted molar refractivity (Wildman–Crippen MR) is 81.7 cm³/mol. The summed E-state index contributed by atoms with van der Waals surface area (Å²) in [5.74, 6) is 0. The number of rotatable bonds is 6. The van der Waals surface area contributed by atoms with Crippen LogP contribution in [0.15, 0.2) is 16.8 Å². The molecule has 18 heavy (non-hydrogen) atoms. The summed E-state index contributed by atoms with van der Waals surface area (Å²) >= 11 is 1.63. The van der Waals surface area contributed by atoms with E-state index in [1.165, 1.54) is 0 Å². The largest absolute Gasteiger partial charge is 0.417 e. The molecule has 0 radical (unpaired) electrons. The summed E-state index contributed by atoms with van der Waals surface area (Å²) in [7, 11) is -1.62. The normalized spacial score (nSPS) is 14.8. The van der Waals surface area contributed by atoms with E-state index in [9.17, 15) is 5.11 Å². The molecule has 0 saturated heterocycles. The van der Waals surface area contributed by atoms with Crippen LogP contribution in [0.1, 0.15) is 45.3 Å². The number of aliphatic hydroxyl groups excluding tert-OH is 1. The minimum atomic E-state index is -1.62. The van der Waals surface area contributed by atoms with Crippen LogP contribution >= 0.6 is 11.3 Å². The monoisotopic (exact) mass is 286 g/mol. The van der Waals surface area contributed by atoms with Crippen molar-refractivity contribution in [2.45, 2.75) is 57.8 Å². The molecule has 1 aromatic heterocycles. The van der Waals surface area contributed by atoms with Crippen LogP contribution in [0.3, 0.4) is 0 Å². The average molecular weight is 287 g/mol. The highest BCUT2D eigenvalue weighted by molar-refractivity contribution is 7.07. The molecular formula is C14H26O2SSi. The second kappa shape index (κ2) is 6.33. The Morgan fingerprint density at radius 3 is 2.56 bits per heavy atom.